The molecule has 2 bridgehead atoms. The van der Waals surface area contributed by atoms with E-state index >= 15 is 4.39 Å². The van der Waals surface area contributed by atoms with Crippen molar-refractivity contribution in [1.82, 2.24) is 25.4 Å². The van der Waals surface area contributed by atoms with Crippen LogP contribution in [0, 0.1) is 11.3 Å². The van der Waals surface area contributed by atoms with Crippen LogP contribution < -0.4 is 14.4 Å². The Morgan fingerprint density at radius 2 is 1.92 bits per heavy atom. The third-order valence-electron chi connectivity index (χ3n) is 8.65. The quantitative estimate of drug-likeness (QED) is 0.512. The topological polar surface area (TPSA) is 106 Å². The normalized spacial score (nSPS) is 28.1. The Morgan fingerprint density at radius 1 is 1.05 bits per heavy atom. The van der Waals surface area contributed by atoms with Gasteiger partial charge in [-0.05, 0) is 50.2 Å². The number of halogens is 1. The van der Waals surface area contributed by atoms with Crippen LogP contribution in [0.3, 0.4) is 0 Å². The van der Waals surface area contributed by atoms with Gasteiger partial charge >= 0.3 is 0 Å². The molecule has 1 aliphatic heterocycles. The predicted molar refractivity (Wildman–Crippen MR) is 138 cm³/mol. The van der Waals surface area contributed by atoms with Crippen LogP contribution >= 0.6 is 0 Å². The number of hydrogen-bond donors (Lipinski definition) is 1. The minimum atomic E-state index is -0.888. The predicted octanol–water partition coefficient (Wildman–Crippen LogP) is 4.75. The number of anilines is 1. The summed E-state index contributed by atoms with van der Waals surface area (Å²) in [6, 6.07) is 7.00. The molecule has 0 saturated heterocycles. The average molecular weight is 519 g/mol. The summed E-state index contributed by atoms with van der Waals surface area (Å²) in [6.45, 7) is 3.02. The summed E-state index contributed by atoms with van der Waals surface area (Å²) in [7, 11) is 0. The van der Waals surface area contributed by atoms with E-state index in [1.54, 1.807) is 24.4 Å². The highest BCUT2D eigenvalue weighted by atomic mass is 19.1. The van der Waals surface area contributed by atoms with E-state index in [-0.39, 0.29) is 17.2 Å². The summed E-state index contributed by atoms with van der Waals surface area (Å²) in [6.07, 6.45) is 7.99. The van der Waals surface area contributed by atoms with E-state index in [1.165, 1.54) is 6.42 Å². The van der Waals surface area contributed by atoms with Gasteiger partial charge in [0.05, 0.1) is 23.5 Å². The van der Waals surface area contributed by atoms with Crippen LogP contribution in [0.2, 0.25) is 0 Å². The van der Waals surface area contributed by atoms with E-state index < -0.39 is 6.17 Å². The molecule has 9 nitrogen and oxygen atoms in total. The first kappa shape index (κ1) is 23.5. The van der Waals surface area contributed by atoms with Gasteiger partial charge in [-0.3, -0.25) is 0 Å². The van der Waals surface area contributed by atoms with E-state index in [9.17, 15) is 5.11 Å². The number of aromatic nitrogens is 5. The Bertz CT molecular complexity index is 1350. The van der Waals surface area contributed by atoms with Crippen molar-refractivity contribution in [2.24, 2.45) is 11.3 Å². The van der Waals surface area contributed by atoms with Gasteiger partial charge in [-0.25, -0.2) is 9.37 Å². The fourth-order valence-corrected chi connectivity index (χ4v) is 6.66. The number of phenolic OH excluding ortho intramolecular Hbond substituents is 1. The largest absolute Gasteiger partial charge is 0.507 e. The van der Waals surface area contributed by atoms with E-state index in [1.807, 2.05) is 6.07 Å². The van der Waals surface area contributed by atoms with Gasteiger partial charge in [0.2, 0.25) is 0 Å². The number of ether oxygens (including phenoxy) is 2. The smallest absolute Gasteiger partial charge is 0.276 e. The fraction of sp³-hybridized carbons (Fsp3) is 0.536. The molecule has 0 unspecified atom stereocenters. The molecule has 10 heteroatoms. The number of phenols is 1. The molecular formula is C28H31FN6O3. The second kappa shape index (κ2) is 9.03. The van der Waals surface area contributed by atoms with Crippen LogP contribution in [0.1, 0.15) is 51.9 Å². The van der Waals surface area contributed by atoms with Crippen LogP contribution in [-0.2, 0) is 0 Å². The lowest BCUT2D eigenvalue weighted by atomic mass is 9.60. The van der Waals surface area contributed by atoms with Crippen molar-refractivity contribution in [3.05, 3.63) is 30.5 Å². The zero-order chi connectivity index (χ0) is 25.9. The highest BCUT2D eigenvalue weighted by Crippen LogP contribution is 2.52. The first-order chi connectivity index (χ1) is 18.5. The molecular weight excluding hydrogens is 487 g/mol. The summed E-state index contributed by atoms with van der Waals surface area (Å²) in [5.41, 5.74) is 1.43. The summed E-state index contributed by atoms with van der Waals surface area (Å²) in [5, 5.41) is 27.9. The molecule has 3 saturated carbocycles. The monoisotopic (exact) mass is 518 g/mol. The molecule has 1 N–H and O–H groups in total. The Labute approximate surface area is 220 Å². The standard InChI is InChI=1S/C28H31FN6O3/c1-28-8-2-3-16(14-28)11-21(25(28)29)35(18-5-6-18)24-15-30-26(33-32-24)19-7-4-17(12-22(19)36)20-13-23-27(34-31-20)38-10-9-37-23/h4,7,12-13,15-16,18,21,25,36H,2-3,5-6,8-11,14H2,1H3/t16-,21-,25-,28-/m0/s1. The van der Waals surface area contributed by atoms with Gasteiger partial charge in [-0.2, -0.15) is 0 Å². The number of rotatable bonds is 5. The Balaban J connectivity index is 1.14. The average Bonchev–Trinajstić information content (AvgIpc) is 3.77. The molecule has 0 spiro atoms. The number of hydrogen-bond acceptors (Lipinski definition) is 9. The van der Waals surface area contributed by atoms with Gasteiger partial charge in [-0.1, -0.05) is 25.8 Å². The maximum atomic E-state index is 15.9. The zero-order valence-corrected chi connectivity index (χ0v) is 21.4. The first-order valence-electron chi connectivity index (χ1n) is 13.6. The lowest BCUT2D eigenvalue weighted by Crippen LogP contribution is -2.56. The molecule has 198 valence electrons. The molecule has 38 heavy (non-hydrogen) atoms. The molecule has 0 amide bonds. The molecule has 3 heterocycles. The maximum Gasteiger partial charge on any atom is 0.276 e. The Kier molecular flexibility index (Phi) is 5.59. The third kappa shape index (κ3) is 4.10. The summed E-state index contributed by atoms with van der Waals surface area (Å²) < 4.78 is 27.0. The van der Waals surface area contributed by atoms with Crippen molar-refractivity contribution in [2.75, 3.05) is 18.1 Å². The number of fused-ring (bicyclic) bond motifs is 3. The van der Waals surface area contributed by atoms with Crippen molar-refractivity contribution in [2.45, 2.75) is 70.1 Å². The van der Waals surface area contributed by atoms with Crippen LogP contribution in [0.5, 0.6) is 17.4 Å². The Hall–Kier alpha value is -3.56. The lowest BCUT2D eigenvalue weighted by molar-refractivity contribution is -0.0125. The molecule has 3 fully saturated rings. The van der Waals surface area contributed by atoms with E-state index in [0.717, 1.165) is 38.5 Å². The number of alkyl halides is 1. The Morgan fingerprint density at radius 3 is 2.71 bits per heavy atom. The molecule has 3 aromatic rings. The molecule has 1 aromatic carbocycles. The maximum absolute atomic E-state index is 15.9. The highest BCUT2D eigenvalue weighted by molar-refractivity contribution is 5.72. The van der Waals surface area contributed by atoms with Crippen molar-refractivity contribution in [1.29, 1.82) is 0 Å². The summed E-state index contributed by atoms with van der Waals surface area (Å²) in [4.78, 5) is 6.71. The molecule has 4 atom stereocenters. The van der Waals surface area contributed by atoms with Crippen LogP contribution in [0.4, 0.5) is 10.2 Å². The molecule has 0 radical (unpaired) electrons. The number of nitrogens with zero attached hydrogens (tertiary/aromatic N) is 6. The minimum Gasteiger partial charge on any atom is -0.507 e. The first-order valence-corrected chi connectivity index (χ1v) is 13.6. The zero-order valence-electron chi connectivity index (χ0n) is 21.4. The van der Waals surface area contributed by atoms with E-state index in [0.29, 0.717) is 65.3 Å². The van der Waals surface area contributed by atoms with Gasteiger partial charge < -0.3 is 19.5 Å². The van der Waals surface area contributed by atoms with Gasteiger partial charge in [-0.15, -0.1) is 20.4 Å². The van der Waals surface area contributed by atoms with Crippen LogP contribution in [-0.4, -0.2) is 62.0 Å². The SMILES string of the molecule is C[C@@]12CCC[C@@H](C[C@H](N(c3cnc(-c4ccc(-c5cc6c(nn5)OCCO6)cc4O)nn3)C3CC3)[C@@H]1F)C2. The van der Waals surface area contributed by atoms with Gasteiger partial charge in [0.1, 0.15) is 25.1 Å². The van der Waals surface area contributed by atoms with Crippen molar-refractivity contribution in [3.8, 4) is 40.0 Å². The van der Waals surface area contributed by atoms with Crippen LogP contribution in [0.15, 0.2) is 30.5 Å². The highest BCUT2D eigenvalue weighted by Gasteiger charge is 2.52. The van der Waals surface area contributed by atoms with Crippen molar-refractivity contribution in [3.63, 3.8) is 0 Å². The second-order valence-corrected chi connectivity index (χ2v) is 11.4. The summed E-state index contributed by atoms with van der Waals surface area (Å²) >= 11 is 0. The van der Waals surface area contributed by atoms with Gasteiger partial charge in [0.15, 0.2) is 17.4 Å². The van der Waals surface area contributed by atoms with Crippen LogP contribution in [0.25, 0.3) is 22.6 Å². The fourth-order valence-electron chi connectivity index (χ4n) is 6.66. The minimum absolute atomic E-state index is 0.00430. The molecule has 7 rings (SSSR count). The molecule has 3 aliphatic carbocycles. The van der Waals surface area contributed by atoms with E-state index in [4.69, 9.17) is 9.47 Å². The van der Waals surface area contributed by atoms with E-state index in [2.05, 4.69) is 37.2 Å². The van der Waals surface area contributed by atoms with Crippen molar-refractivity contribution < 1.29 is 19.0 Å². The van der Waals surface area contributed by atoms with Crippen molar-refractivity contribution >= 4 is 5.82 Å². The van der Waals surface area contributed by atoms with Gasteiger partial charge in [0, 0.05) is 23.1 Å². The molecule has 2 aromatic heterocycles. The number of aromatic hydroxyl groups is 1. The molecule has 4 aliphatic rings. The lowest BCUT2D eigenvalue weighted by Gasteiger charge is -2.52. The summed E-state index contributed by atoms with van der Waals surface area (Å²) in [5.74, 6) is 2.40. The third-order valence-corrected chi connectivity index (χ3v) is 8.65. The van der Waals surface area contributed by atoms with Gasteiger partial charge in [0.25, 0.3) is 5.88 Å². The number of benzene rings is 1. The second-order valence-electron chi connectivity index (χ2n) is 11.4.